The van der Waals surface area contributed by atoms with Crippen LogP contribution in [0.25, 0.3) is 11.3 Å². The summed E-state index contributed by atoms with van der Waals surface area (Å²) in [5.41, 5.74) is 2.97. The van der Waals surface area contributed by atoms with Gasteiger partial charge in [-0.25, -0.2) is 4.68 Å². The Balaban J connectivity index is 1.99. The van der Waals surface area contributed by atoms with Crippen molar-refractivity contribution in [1.29, 1.82) is 0 Å². The average molecular weight is 280 g/mol. The van der Waals surface area contributed by atoms with E-state index in [4.69, 9.17) is 0 Å². The molecule has 0 fully saturated rings. The zero-order valence-corrected chi connectivity index (χ0v) is 11.7. The Hall–Kier alpha value is -2.75. The van der Waals surface area contributed by atoms with E-state index < -0.39 is 5.56 Å². The van der Waals surface area contributed by atoms with Crippen molar-refractivity contribution in [3.05, 3.63) is 76.1 Å². The van der Waals surface area contributed by atoms with Crippen molar-refractivity contribution in [3.63, 3.8) is 0 Å². The monoisotopic (exact) mass is 280 g/mol. The summed E-state index contributed by atoms with van der Waals surface area (Å²) in [5, 5.41) is 13.0. The zero-order valence-electron chi connectivity index (χ0n) is 11.7. The van der Waals surface area contributed by atoms with Gasteiger partial charge in [0.05, 0.1) is 6.54 Å². The van der Waals surface area contributed by atoms with E-state index in [1.807, 2.05) is 61.5 Å². The standard InChI is InChI=1S/C17H16N2O2/c1-12-7-9-14(10-8-12)15-16(20)17(21)19(18-15)11-13-5-3-2-4-6-13/h2-10,18,20H,11H2,1H3. The number of benzene rings is 2. The van der Waals surface area contributed by atoms with Gasteiger partial charge in [-0.05, 0) is 12.5 Å². The second kappa shape index (κ2) is 5.32. The quantitative estimate of drug-likeness (QED) is 0.775. The lowest BCUT2D eigenvalue weighted by atomic mass is 10.1. The molecule has 0 aliphatic heterocycles. The molecule has 0 saturated heterocycles. The first kappa shape index (κ1) is 13.2. The number of hydrogen-bond acceptors (Lipinski definition) is 2. The molecule has 0 aliphatic carbocycles. The van der Waals surface area contributed by atoms with Gasteiger partial charge in [0, 0.05) is 5.56 Å². The van der Waals surface area contributed by atoms with Gasteiger partial charge < -0.3 is 5.11 Å². The Morgan fingerprint density at radius 2 is 1.71 bits per heavy atom. The summed E-state index contributed by atoms with van der Waals surface area (Å²) in [6, 6.07) is 17.3. The highest BCUT2D eigenvalue weighted by Gasteiger charge is 2.14. The molecule has 4 heteroatoms. The summed E-state index contributed by atoms with van der Waals surface area (Å²) in [7, 11) is 0. The predicted molar refractivity (Wildman–Crippen MR) is 82.4 cm³/mol. The zero-order chi connectivity index (χ0) is 14.8. The first-order valence-corrected chi connectivity index (χ1v) is 6.78. The van der Waals surface area contributed by atoms with Gasteiger partial charge in [0.2, 0.25) is 5.75 Å². The normalized spacial score (nSPS) is 10.7. The van der Waals surface area contributed by atoms with Crippen LogP contribution in [-0.4, -0.2) is 14.9 Å². The summed E-state index contributed by atoms with van der Waals surface area (Å²) < 4.78 is 1.42. The Bertz CT molecular complexity index is 799. The van der Waals surface area contributed by atoms with Crippen molar-refractivity contribution in [3.8, 4) is 17.0 Å². The van der Waals surface area contributed by atoms with Gasteiger partial charge in [-0.2, -0.15) is 0 Å². The maximum Gasteiger partial charge on any atom is 0.309 e. The molecule has 1 heterocycles. The van der Waals surface area contributed by atoms with Gasteiger partial charge in [0.25, 0.3) is 0 Å². The van der Waals surface area contributed by atoms with E-state index in [0.29, 0.717) is 12.2 Å². The van der Waals surface area contributed by atoms with Gasteiger partial charge in [-0.3, -0.25) is 9.89 Å². The number of nitrogens with one attached hydrogen (secondary N) is 1. The van der Waals surface area contributed by atoms with E-state index >= 15 is 0 Å². The molecule has 3 rings (SSSR count). The molecule has 0 spiro atoms. The minimum atomic E-state index is -0.408. The molecule has 0 unspecified atom stereocenters. The van der Waals surface area contributed by atoms with Crippen LogP contribution in [0.2, 0.25) is 0 Å². The fourth-order valence-corrected chi connectivity index (χ4v) is 2.27. The number of aromatic amines is 1. The Labute approximate surface area is 122 Å². The maximum atomic E-state index is 12.1. The average Bonchev–Trinajstić information content (AvgIpc) is 2.78. The molecule has 2 N–H and O–H groups in total. The van der Waals surface area contributed by atoms with Crippen molar-refractivity contribution < 1.29 is 5.11 Å². The van der Waals surface area contributed by atoms with Gasteiger partial charge in [0.1, 0.15) is 5.69 Å². The molecule has 0 saturated carbocycles. The molecule has 21 heavy (non-hydrogen) atoms. The minimum Gasteiger partial charge on any atom is -0.501 e. The lowest BCUT2D eigenvalue weighted by Crippen LogP contribution is -2.16. The second-order valence-electron chi connectivity index (χ2n) is 5.08. The molecular formula is C17H16N2O2. The number of rotatable bonds is 3. The van der Waals surface area contributed by atoms with Crippen molar-refractivity contribution >= 4 is 0 Å². The van der Waals surface area contributed by atoms with Crippen LogP contribution >= 0.6 is 0 Å². The molecule has 1 aromatic heterocycles. The fourth-order valence-electron chi connectivity index (χ4n) is 2.27. The number of hydrogen-bond donors (Lipinski definition) is 2. The Kier molecular flexibility index (Phi) is 3.36. The highest BCUT2D eigenvalue weighted by atomic mass is 16.3. The Morgan fingerprint density at radius 3 is 2.38 bits per heavy atom. The first-order valence-electron chi connectivity index (χ1n) is 6.78. The molecule has 0 radical (unpaired) electrons. The van der Waals surface area contributed by atoms with Gasteiger partial charge >= 0.3 is 5.56 Å². The van der Waals surface area contributed by atoms with E-state index in [1.54, 1.807) is 0 Å². The summed E-state index contributed by atoms with van der Waals surface area (Å²) in [5.74, 6) is -0.241. The van der Waals surface area contributed by atoms with Gasteiger partial charge in [-0.15, -0.1) is 0 Å². The molecular weight excluding hydrogens is 264 g/mol. The number of aromatic nitrogens is 2. The van der Waals surface area contributed by atoms with Crippen LogP contribution in [-0.2, 0) is 6.54 Å². The van der Waals surface area contributed by atoms with Crippen molar-refractivity contribution in [1.82, 2.24) is 9.78 Å². The van der Waals surface area contributed by atoms with Gasteiger partial charge in [0.15, 0.2) is 0 Å². The lowest BCUT2D eigenvalue weighted by Gasteiger charge is -2.02. The largest absolute Gasteiger partial charge is 0.501 e. The topological polar surface area (TPSA) is 58.0 Å². The predicted octanol–water partition coefficient (Wildman–Crippen LogP) is 2.91. The number of H-pyrrole nitrogens is 1. The third-order valence-electron chi connectivity index (χ3n) is 3.46. The Morgan fingerprint density at radius 1 is 1.05 bits per heavy atom. The van der Waals surface area contributed by atoms with Crippen LogP contribution in [0, 0.1) is 6.92 Å². The summed E-state index contributed by atoms with van der Waals surface area (Å²) >= 11 is 0. The van der Waals surface area contributed by atoms with Crippen LogP contribution in [0.4, 0.5) is 0 Å². The molecule has 106 valence electrons. The highest BCUT2D eigenvalue weighted by molar-refractivity contribution is 5.65. The van der Waals surface area contributed by atoms with E-state index in [0.717, 1.165) is 16.7 Å². The van der Waals surface area contributed by atoms with E-state index in [1.165, 1.54) is 4.68 Å². The SMILES string of the molecule is Cc1ccc(-c2[nH]n(Cc3ccccc3)c(=O)c2O)cc1. The minimum absolute atomic E-state index is 0.241. The van der Waals surface area contributed by atoms with Crippen LogP contribution < -0.4 is 5.56 Å². The van der Waals surface area contributed by atoms with Crippen LogP contribution in [0.15, 0.2) is 59.4 Å². The van der Waals surface area contributed by atoms with Crippen molar-refractivity contribution in [2.75, 3.05) is 0 Å². The fraction of sp³-hybridized carbons (Fsp3) is 0.118. The first-order chi connectivity index (χ1) is 10.1. The lowest BCUT2D eigenvalue weighted by molar-refractivity contribution is 0.469. The van der Waals surface area contributed by atoms with Crippen LogP contribution in [0.3, 0.4) is 0 Å². The smallest absolute Gasteiger partial charge is 0.309 e. The summed E-state index contributed by atoms with van der Waals surface area (Å²) in [6.07, 6.45) is 0. The van der Waals surface area contributed by atoms with Crippen molar-refractivity contribution in [2.24, 2.45) is 0 Å². The molecule has 0 amide bonds. The van der Waals surface area contributed by atoms with E-state index in [-0.39, 0.29) is 5.75 Å². The van der Waals surface area contributed by atoms with Crippen LogP contribution in [0.1, 0.15) is 11.1 Å². The number of nitrogens with zero attached hydrogens (tertiary/aromatic N) is 1. The second-order valence-corrected chi connectivity index (χ2v) is 5.08. The third-order valence-corrected chi connectivity index (χ3v) is 3.46. The van der Waals surface area contributed by atoms with Crippen LogP contribution in [0.5, 0.6) is 5.75 Å². The third kappa shape index (κ3) is 2.60. The molecule has 0 bridgehead atoms. The molecule has 0 atom stereocenters. The summed E-state index contributed by atoms with van der Waals surface area (Å²) in [4.78, 5) is 12.1. The van der Waals surface area contributed by atoms with E-state index in [2.05, 4.69) is 5.10 Å². The van der Waals surface area contributed by atoms with Crippen molar-refractivity contribution in [2.45, 2.75) is 13.5 Å². The molecule has 3 aromatic rings. The van der Waals surface area contributed by atoms with E-state index in [9.17, 15) is 9.90 Å². The number of aryl methyl sites for hydroxylation is 1. The molecule has 0 aliphatic rings. The molecule has 4 nitrogen and oxygen atoms in total. The summed E-state index contributed by atoms with van der Waals surface area (Å²) in [6.45, 7) is 2.39. The maximum absolute atomic E-state index is 12.1. The molecule has 2 aromatic carbocycles. The van der Waals surface area contributed by atoms with Gasteiger partial charge in [-0.1, -0.05) is 60.2 Å². The highest BCUT2D eigenvalue weighted by Crippen LogP contribution is 2.24. The number of aromatic hydroxyl groups is 1.